The van der Waals surface area contributed by atoms with Crippen LogP contribution in [0.1, 0.15) is 38.4 Å². The van der Waals surface area contributed by atoms with Crippen LogP contribution in [0.15, 0.2) is 60.9 Å². The Kier molecular flexibility index (Phi) is 7.58. The second-order valence-corrected chi connectivity index (χ2v) is 10.6. The summed E-state index contributed by atoms with van der Waals surface area (Å²) in [6.45, 7) is 2.14. The van der Waals surface area contributed by atoms with Gasteiger partial charge in [-0.3, -0.25) is 14.4 Å². The summed E-state index contributed by atoms with van der Waals surface area (Å²) in [6, 6.07) is 12.0. The molecule has 0 radical (unpaired) electrons. The molecule has 2 aromatic carbocycles. The van der Waals surface area contributed by atoms with Crippen LogP contribution in [-0.2, 0) is 11.3 Å². The quantitative estimate of drug-likeness (QED) is 0.370. The standard InChI is InChI=1S/C31H30FN5O6/c1-18-5-7-36-16-24(34-28(36)9-18)31(40)37-8-6-25-23(15-37)35-30(39)20-3-4-26(41-2)27(12-20)42-17-29(38)33-14-19-10-21(32)13-22(11-19)43-25/h3-5,7,9-13,16,23,25H,6,8,14-15,17H2,1-2H3,(H,33,38)(H,35,39)/t23-,25+/m0/s1. The average Bonchev–Trinajstić information content (AvgIpc) is 3.42. The number of hydrogen-bond donors (Lipinski definition) is 2. The molecule has 4 aromatic rings. The largest absolute Gasteiger partial charge is 0.493 e. The summed E-state index contributed by atoms with van der Waals surface area (Å²) in [7, 11) is 1.45. The van der Waals surface area contributed by atoms with Crippen LogP contribution in [0.25, 0.3) is 5.65 Å². The molecule has 0 spiro atoms. The van der Waals surface area contributed by atoms with E-state index in [1.165, 1.54) is 25.3 Å². The first kappa shape index (κ1) is 28.0. The zero-order valence-electron chi connectivity index (χ0n) is 23.6. The first-order valence-electron chi connectivity index (χ1n) is 13.8. The summed E-state index contributed by atoms with van der Waals surface area (Å²) in [5.74, 6) is -0.883. The van der Waals surface area contributed by atoms with Crippen molar-refractivity contribution in [2.24, 2.45) is 0 Å². The van der Waals surface area contributed by atoms with Crippen LogP contribution in [0.4, 0.5) is 4.39 Å². The Hall–Kier alpha value is -5.13. The molecule has 6 rings (SSSR count). The number of methoxy groups -OCH3 is 1. The Bertz CT molecular complexity index is 1720. The minimum atomic E-state index is -0.643. The van der Waals surface area contributed by atoms with Gasteiger partial charge in [0.15, 0.2) is 18.1 Å². The van der Waals surface area contributed by atoms with E-state index in [1.807, 2.05) is 25.3 Å². The molecule has 0 unspecified atom stereocenters. The lowest BCUT2D eigenvalue weighted by Gasteiger charge is -2.38. The molecule has 0 aliphatic carbocycles. The maximum Gasteiger partial charge on any atom is 0.274 e. The summed E-state index contributed by atoms with van der Waals surface area (Å²) >= 11 is 0. The fourth-order valence-electron chi connectivity index (χ4n) is 5.29. The van der Waals surface area contributed by atoms with Gasteiger partial charge in [0.2, 0.25) is 0 Å². The minimum absolute atomic E-state index is 0.0547. The van der Waals surface area contributed by atoms with Crippen LogP contribution in [0.5, 0.6) is 17.2 Å². The van der Waals surface area contributed by atoms with E-state index in [9.17, 15) is 18.8 Å². The van der Waals surface area contributed by atoms with Crippen LogP contribution >= 0.6 is 0 Å². The van der Waals surface area contributed by atoms with Gasteiger partial charge in [-0.05, 0) is 60.5 Å². The molecule has 2 aliphatic rings. The number of fused-ring (bicyclic) bond motifs is 6. The minimum Gasteiger partial charge on any atom is -0.493 e. The number of hydrogen-bond acceptors (Lipinski definition) is 7. The topological polar surface area (TPSA) is 124 Å². The molecule has 2 aromatic heterocycles. The molecule has 1 saturated heterocycles. The van der Waals surface area contributed by atoms with Crippen molar-refractivity contribution in [3.05, 3.63) is 89.1 Å². The van der Waals surface area contributed by atoms with Crippen LogP contribution in [0.2, 0.25) is 0 Å². The van der Waals surface area contributed by atoms with E-state index in [4.69, 9.17) is 14.2 Å². The molecule has 222 valence electrons. The Morgan fingerprint density at radius 1 is 1.14 bits per heavy atom. The SMILES string of the molecule is COc1ccc2cc1OCC(=O)NCc1cc(F)cc(c1)O[C@@H]1CCN(C(=O)c3cn4ccc(C)cc4n3)C[C@@H]1NC2=O. The molecule has 1 fully saturated rings. The number of aromatic nitrogens is 2. The zero-order chi connectivity index (χ0) is 30.1. The highest BCUT2D eigenvalue weighted by Gasteiger charge is 2.35. The van der Waals surface area contributed by atoms with Crippen molar-refractivity contribution >= 4 is 23.4 Å². The lowest BCUT2D eigenvalue weighted by atomic mass is 10.0. The van der Waals surface area contributed by atoms with Gasteiger partial charge in [-0.1, -0.05) is 0 Å². The lowest BCUT2D eigenvalue weighted by molar-refractivity contribution is -0.123. The predicted molar refractivity (Wildman–Crippen MR) is 153 cm³/mol. The van der Waals surface area contributed by atoms with E-state index >= 15 is 0 Å². The van der Waals surface area contributed by atoms with Crippen molar-refractivity contribution in [3.8, 4) is 17.2 Å². The second-order valence-electron chi connectivity index (χ2n) is 10.6. The molecule has 11 nitrogen and oxygen atoms in total. The molecule has 4 heterocycles. The third-order valence-electron chi connectivity index (χ3n) is 7.48. The van der Waals surface area contributed by atoms with Gasteiger partial charge in [0.25, 0.3) is 17.7 Å². The summed E-state index contributed by atoms with van der Waals surface area (Å²) < 4.78 is 33.6. The number of ether oxygens (including phenoxy) is 3. The van der Waals surface area contributed by atoms with Gasteiger partial charge in [-0.2, -0.15) is 0 Å². The van der Waals surface area contributed by atoms with Crippen LogP contribution < -0.4 is 24.8 Å². The molecule has 3 amide bonds. The smallest absolute Gasteiger partial charge is 0.274 e. The number of halogens is 1. The highest BCUT2D eigenvalue weighted by atomic mass is 19.1. The van der Waals surface area contributed by atoms with Crippen molar-refractivity contribution in [2.45, 2.75) is 32.0 Å². The zero-order valence-corrected chi connectivity index (χ0v) is 23.6. The fourth-order valence-corrected chi connectivity index (χ4v) is 5.29. The number of pyridine rings is 1. The van der Waals surface area contributed by atoms with Gasteiger partial charge >= 0.3 is 0 Å². The first-order chi connectivity index (χ1) is 20.7. The Balaban J connectivity index is 1.31. The van der Waals surface area contributed by atoms with Gasteiger partial charge in [0, 0.05) is 50.1 Å². The number of nitrogens with one attached hydrogen (secondary N) is 2. The number of carbonyl (C=O) groups excluding carboxylic acids is 3. The summed E-state index contributed by atoms with van der Waals surface area (Å²) in [4.78, 5) is 45.6. The summed E-state index contributed by atoms with van der Waals surface area (Å²) in [5.41, 5.74) is 2.73. The van der Waals surface area contributed by atoms with E-state index in [0.717, 1.165) is 5.56 Å². The van der Waals surface area contributed by atoms with Gasteiger partial charge in [0.1, 0.15) is 29.0 Å². The van der Waals surface area contributed by atoms with Crippen LogP contribution in [-0.4, -0.2) is 71.0 Å². The van der Waals surface area contributed by atoms with Gasteiger partial charge in [-0.15, -0.1) is 0 Å². The van der Waals surface area contributed by atoms with E-state index in [1.54, 1.807) is 33.7 Å². The third kappa shape index (κ3) is 6.08. The Labute approximate surface area is 246 Å². The molecular weight excluding hydrogens is 557 g/mol. The number of carbonyl (C=O) groups is 3. The molecule has 43 heavy (non-hydrogen) atoms. The Morgan fingerprint density at radius 3 is 2.84 bits per heavy atom. The summed E-state index contributed by atoms with van der Waals surface area (Å²) in [5, 5.41) is 5.70. The van der Waals surface area contributed by atoms with E-state index in [0.29, 0.717) is 35.6 Å². The Morgan fingerprint density at radius 2 is 2.00 bits per heavy atom. The van der Waals surface area contributed by atoms with E-state index in [2.05, 4.69) is 15.6 Å². The van der Waals surface area contributed by atoms with Crippen molar-refractivity contribution in [2.75, 3.05) is 26.8 Å². The molecular formula is C31H30FN5O6. The highest BCUT2D eigenvalue weighted by molar-refractivity contribution is 5.96. The van der Waals surface area contributed by atoms with Gasteiger partial charge < -0.3 is 34.1 Å². The average molecular weight is 588 g/mol. The number of amides is 3. The number of aryl methyl sites for hydroxylation is 1. The van der Waals surface area contributed by atoms with Crippen molar-refractivity contribution in [3.63, 3.8) is 0 Å². The van der Waals surface area contributed by atoms with E-state index < -0.39 is 29.8 Å². The second kappa shape index (κ2) is 11.6. The van der Waals surface area contributed by atoms with Crippen LogP contribution in [0.3, 0.4) is 0 Å². The molecule has 4 bridgehead atoms. The monoisotopic (exact) mass is 587 g/mol. The lowest BCUT2D eigenvalue weighted by Crippen LogP contribution is -2.58. The molecule has 0 saturated carbocycles. The number of rotatable bonds is 2. The maximum absolute atomic E-state index is 14.5. The number of nitrogens with zero attached hydrogens (tertiary/aromatic N) is 3. The van der Waals surface area contributed by atoms with Crippen molar-refractivity contribution in [1.82, 2.24) is 24.9 Å². The van der Waals surface area contributed by atoms with Gasteiger partial charge in [-0.25, -0.2) is 9.37 Å². The number of likely N-dealkylation sites (tertiary alicyclic amines) is 1. The van der Waals surface area contributed by atoms with Crippen LogP contribution in [0, 0.1) is 12.7 Å². The molecule has 2 atom stereocenters. The maximum atomic E-state index is 14.5. The molecule has 2 N–H and O–H groups in total. The number of benzene rings is 2. The predicted octanol–water partition coefficient (Wildman–Crippen LogP) is 2.89. The van der Waals surface area contributed by atoms with Crippen molar-refractivity contribution < 1.29 is 33.0 Å². The molecule has 12 heteroatoms. The first-order valence-corrected chi connectivity index (χ1v) is 13.8. The van der Waals surface area contributed by atoms with E-state index in [-0.39, 0.29) is 42.7 Å². The third-order valence-corrected chi connectivity index (χ3v) is 7.48. The van der Waals surface area contributed by atoms with Gasteiger partial charge in [0.05, 0.1) is 13.2 Å². The highest BCUT2D eigenvalue weighted by Crippen LogP contribution is 2.29. The van der Waals surface area contributed by atoms with Crippen molar-refractivity contribution in [1.29, 1.82) is 0 Å². The summed E-state index contributed by atoms with van der Waals surface area (Å²) in [6.07, 6.45) is 3.32. The number of piperidine rings is 1. The molecule has 2 aliphatic heterocycles. The number of imidazole rings is 1. The fraction of sp³-hybridized carbons (Fsp3) is 0.290. The normalized spacial score (nSPS) is 19.0.